The molecule has 0 aromatic carbocycles. The summed E-state index contributed by atoms with van der Waals surface area (Å²) in [6.07, 6.45) is 3.78. The maximum Gasteiger partial charge on any atom is 0.268 e. The van der Waals surface area contributed by atoms with Crippen LogP contribution in [0, 0.1) is 0 Å². The smallest absolute Gasteiger partial charge is 0.268 e. The van der Waals surface area contributed by atoms with Crippen molar-refractivity contribution in [2.24, 2.45) is 0 Å². The van der Waals surface area contributed by atoms with E-state index in [0.717, 1.165) is 12.2 Å². The van der Waals surface area contributed by atoms with Crippen molar-refractivity contribution < 1.29 is 18.7 Å². The van der Waals surface area contributed by atoms with Crippen molar-refractivity contribution >= 4 is 29.1 Å². The van der Waals surface area contributed by atoms with Crippen LogP contribution in [0.4, 0.5) is 4.39 Å². The Morgan fingerprint density at radius 1 is 1.36 bits per heavy atom. The summed E-state index contributed by atoms with van der Waals surface area (Å²) in [6, 6.07) is 4.30. The summed E-state index contributed by atoms with van der Waals surface area (Å²) < 4.78 is 19.0. The number of amides is 2. The zero-order valence-corrected chi connectivity index (χ0v) is 13.9. The first-order valence-corrected chi connectivity index (χ1v) is 8.01. The molecule has 2 N–H and O–H groups in total. The van der Waals surface area contributed by atoms with Gasteiger partial charge < -0.3 is 15.4 Å². The predicted molar refractivity (Wildman–Crippen MR) is 89.3 cm³/mol. The third-order valence-corrected chi connectivity index (χ3v) is 3.96. The summed E-state index contributed by atoms with van der Waals surface area (Å²) in [5, 5.41) is 5.82. The number of aromatic nitrogens is 2. The van der Waals surface area contributed by atoms with Crippen LogP contribution < -0.4 is 10.6 Å². The first-order valence-electron chi connectivity index (χ1n) is 7.63. The van der Waals surface area contributed by atoms with E-state index in [0.29, 0.717) is 11.3 Å². The Morgan fingerprint density at radius 2 is 2.12 bits per heavy atom. The van der Waals surface area contributed by atoms with Crippen molar-refractivity contribution in [2.45, 2.75) is 12.1 Å². The number of rotatable bonds is 5. The van der Waals surface area contributed by atoms with Crippen molar-refractivity contribution in [1.82, 2.24) is 20.0 Å². The molecule has 9 heteroatoms. The molecule has 2 amide bonds. The SMILES string of the molecule is O=C(/C=C/CF)N[C@@H]1COC[C@@H]1NC(=O)c1cccc2nc(Cl)cn12. The second kappa shape index (κ2) is 7.62. The van der Waals surface area contributed by atoms with Crippen molar-refractivity contribution in [2.75, 3.05) is 19.9 Å². The normalized spacial score (nSPS) is 20.2. The number of allylic oxidation sites excluding steroid dienone is 1. The zero-order valence-electron chi connectivity index (χ0n) is 13.1. The minimum Gasteiger partial charge on any atom is -0.377 e. The summed E-state index contributed by atoms with van der Waals surface area (Å²) in [5.41, 5.74) is 0.924. The Hall–Kier alpha value is -2.45. The average Bonchev–Trinajstić information content (AvgIpc) is 3.17. The first kappa shape index (κ1) is 17.4. The van der Waals surface area contributed by atoms with Gasteiger partial charge in [0.05, 0.1) is 25.3 Å². The third-order valence-electron chi connectivity index (χ3n) is 3.78. The molecule has 1 aliphatic rings. The number of alkyl halides is 1. The molecule has 2 aromatic rings. The van der Waals surface area contributed by atoms with E-state index >= 15 is 0 Å². The molecule has 2 atom stereocenters. The molecule has 0 spiro atoms. The van der Waals surface area contributed by atoms with Gasteiger partial charge in [-0.3, -0.25) is 14.0 Å². The minimum absolute atomic E-state index is 0.265. The summed E-state index contributed by atoms with van der Waals surface area (Å²) in [6.45, 7) is -0.183. The van der Waals surface area contributed by atoms with Gasteiger partial charge in [-0.15, -0.1) is 0 Å². The van der Waals surface area contributed by atoms with E-state index in [2.05, 4.69) is 15.6 Å². The molecule has 0 unspecified atom stereocenters. The highest BCUT2D eigenvalue weighted by atomic mass is 35.5. The van der Waals surface area contributed by atoms with Gasteiger partial charge in [0.2, 0.25) is 5.91 Å². The molecule has 1 aliphatic heterocycles. The molecular weight excluding hydrogens is 351 g/mol. The highest BCUT2D eigenvalue weighted by Gasteiger charge is 2.31. The van der Waals surface area contributed by atoms with Gasteiger partial charge in [-0.2, -0.15) is 0 Å². The Balaban J connectivity index is 1.71. The summed E-state index contributed by atoms with van der Waals surface area (Å²) in [7, 11) is 0. The lowest BCUT2D eigenvalue weighted by molar-refractivity contribution is -0.117. The van der Waals surface area contributed by atoms with Crippen LogP contribution in [0.3, 0.4) is 0 Å². The number of hydrogen-bond acceptors (Lipinski definition) is 4. The molecule has 1 saturated heterocycles. The van der Waals surface area contributed by atoms with E-state index in [9.17, 15) is 14.0 Å². The van der Waals surface area contributed by atoms with Gasteiger partial charge in [0.25, 0.3) is 5.91 Å². The fourth-order valence-electron chi connectivity index (χ4n) is 2.63. The number of imidazole rings is 1. The Kier molecular flexibility index (Phi) is 5.30. The second-order valence-electron chi connectivity index (χ2n) is 5.49. The minimum atomic E-state index is -0.716. The van der Waals surface area contributed by atoms with E-state index < -0.39 is 24.7 Å². The first-order chi connectivity index (χ1) is 12.1. The van der Waals surface area contributed by atoms with E-state index in [-0.39, 0.29) is 24.3 Å². The highest BCUT2D eigenvalue weighted by Crippen LogP contribution is 2.14. The zero-order chi connectivity index (χ0) is 17.8. The van der Waals surface area contributed by atoms with Crippen LogP contribution in [0.5, 0.6) is 0 Å². The fourth-order valence-corrected chi connectivity index (χ4v) is 2.81. The fraction of sp³-hybridized carbons (Fsp3) is 0.312. The Labute approximate surface area is 147 Å². The summed E-state index contributed by atoms with van der Waals surface area (Å²) >= 11 is 5.89. The van der Waals surface area contributed by atoms with Gasteiger partial charge in [-0.25, -0.2) is 9.37 Å². The quantitative estimate of drug-likeness (QED) is 0.777. The van der Waals surface area contributed by atoms with Gasteiger partial charge in [-0.05, 0) is 18.2 Å². The van der Waals surface area contributed by atoms with Crippen LogP contribution in [0.25, 0.3) is 5.65 Å². The number of halogens is 2. The maximum atomic E-state index is 12.6. The van der Waals surface area contributed by atoms with Crippen LogP contribution >= 0.6 is 11.6 Å². The largest absolute Gasteiger partial charge is 0.377 e. The monoisotopic (exact) mass is 366 g/mol. The maximum absolute atomic E-state index is 12.6. The lowest BCUT2D eigenvalue weighted by Crippen LogP contribution is -2.50. The molecule has 0 radical (unpaired) electrons. The van der Waals surface area contributed by atoms with Crippen LogP contribution in [-0.4, -0.2) is 53.2 Å². The molecular formula is C16H16ClFN4O3. The van der Waals surface area contributed by atoms with Crippen LogP contribution in [-0.2, 0) is 9.53 Å². The lowest BCUT2D eigenvalue weighted by atomic mass is 10.1. The van der Waals surface area contributed by atoms with Crippen LogP contribution in [0.1, 0.15) is 10.5 Å². The Morgan fingerprint density at radius 3 is 2.88 bits per heavy atom. The number of ether oxygens (including phenoxy) is 1. The van der Waals surface area contributed by atoms with Crippen molar-refractivity contribution in [1.29, 1.82) is 0 Å². The van der Waals surface area contributed by atoms with Gasteiger partial charge in [-0.1, -0.05) is 17.7 Å². The number of fused-ring (bicyclic) bond motifs is 1. The Bertz CT molecular complexity index is 823. The van der Waals surface area contributed by atoms with E-state index in [1.807, 2.05) is 0 Å². The van der Waals surface area contributed by atoms with Gasteiger partial charge in [0, 0.05) is 12.3 Å². The number of hydrogen-bond donors (Lipinski definition) is 2. The van der Waals surface area contributed by atoms with Crippen LogP contribution in [0.2, 0.25) is 5.15 Å². The van der Waals surface area contributed by atoms with Crippen molar-refractivity contribution in [3.8, 4) is 0 Å². The number of carbonyl (C=O) groups excluding carboxylic acids is 2. The predicted octanol–water partition coefficient (Wildman–Crippen LogP) is 1.13. The molecule has 7 nitrogen and oxygen atoms in total. The number of nitrogens with one attached hydrogen (secondary N) is 2. The molecule has 0 saturated carbocycles. The second-order valence-corrected chi connectivity index (χ2v) is 5.88. The molecule has 3 heterocycles. The van der Waals surface area contributed by atoms with Crippen LogP contribution in [0.15, 0.2) is 36.5 Å². The van der Waals surface area contributed by atoms with E-state index in [4.69, 9.17) is 16.3 Å². The van der Waals surface area contributed by atoms with Gasteiger partial charge in [0.1, 0.15) is 23.2 Å². The standard InChI is InChI=1S/C16H16ClFN4O3/c17-13-7-22-12(3-1-4-14(22)21-13)16(24)20-11-9-25-8-10(11)19-15(23)5-2-6-18/h1-5,7,10-11H,6,8-9H2,(H,19,23)(H,20,24)/b5-2+/t10-,11+/m1/s1. The number of pyridine rings is 1. The number of nitrogens with zero attached hydrogens (tertiary/aromatic N) is 2. The molecule has 0 aliphatic carbocycles. The average molecular weight is 367 g/mol. The molecule has 132 valence electrons. The number of carbonyl (C=O) groups is 2. The highest BCUT2D eigenvalue weighted by molar-refractivity contribution is 6.29. The lowest BCUT2D eigenvalue weighted by Gasteiger charge is -2.20. The van der Waals surface area contributed by atoms with Crippen molar-refractivity contribution in [3.63, 3.8) is 0 Å². The molecule has 2 aromatic heterocycles. The van der Waals surface area contributed by atoms with E-state index in [1.165, 1.54) is 0 Å². The molecule has 1 fully saturated rings. The molecule has 25 heavy (non-hydrogen) atoms. The molecule has 0 bridgehead atoms. The van der Waals surface area contributed by atoms with Gasteiger partial charge >= 0.3 is 0 Å². The van der Waals surface area contributed by atoms with E-state index in [1.54, 1.807) is 28.8 Å². The topological polar surface area (TPSA) is 84.7 Å². The van der Waals surface area contributed by atoms with Gasteiger partial charge in [0.15, 0.2) is 0 Å². The summed E-state index contributed by atoms with van der Waals surface area (Å²) in [5.74, 6) is -0.774. The molecule has 3 rings (SSSR count). The summed E-state index contributed by atoms with van der Waals surface area (Å²) in [4.78, 5) is 28.4. The third kappa shape index (κ3) is 3.97. The van der Waals surface area contributed by atoms with Crippen molar-refractivity contribution in [3.05, 3.63) is 47.4 Å².